The summed E-state index contributed by atoms with van der Waals surface area (Å²) in [5, 5.41) is 0.360. The van der Waals surface area contributed by atoms with Gasteiger partial charge in [0.1, 0.15) is 11.5 Å². The molecule has 2 aliphatic rings. The van der Waals surface area contributed by atoms with Crippen molar-refractivity contribution in [3.05, 3.63) is 22.8 Å². The number of anilines is 1. The van der Waals surface area contributed by atoms with Gasteiger partial charge in [0.05, 0.1) is 5.02 Å². The molecule has 3 unspecified atom stereocenters. The van der Waals surface area contributed by atoms with Crippen LogP contribution in [0.5, 0.6) is 0 Å². The van der Waals surface area contributed by atoms with Crippen molar-refractivity contribution in [1.82, 2.24) is 9.88 Å². The van der Waals surface area contributed by atoms with Crippen molar-refractivity contribution in [3.63, 3.8) is 0 Å². The number of nitrogens with two attached hydrogens (primary N) is 1. The second-order valence-electron chi connectivity index (χ2n) is 6.29. The van der Waals surface area contributed by atoms with Crippen molar-refractivity contribution in [3.8, 4) is 0 Å². The highest BCUT2D eigenvalue weighted by atomic mass is 35.5. The molecule has 2 fully saturated rings. The van der Waals surface area contributed by atoms with E-state index in [9.17, 15) is 4.79 Å². The number of halogens is 1. The summed E-state index contributed by atoms with van der Waals surface area (Å²) in [6.45, 7) is 0.790. The minimum atomic E-state index is -0.139. The topological polar surface area (TPSA) is 71.2 Å². The lowest BCUT2D eigenvalue weighted by atomic mass is 9.88. The molecule has 6 heteroatoms. The maximum atomic E-state index is 12.5. The van der Waals surface area contributed by atoms with Crippen LogP contribution in [0.2, 0.25) is 5.02 Å². The minimum absolute atomic E-state index is 0.139. The lowest BCUT2D eigenvalue weighted by Gasteiger charge is -2.27. The highest BCUT2D eigenvalue weighted by Gasteiger charge is 2.40. The van der Waals surface area contributed by atoms with Crippen LogP contribution in [0.4, 0.5) is 5.82 Å². The standard InChI is InChI=1S/C15H21ClN4O/c1-20(8-11-7-9-2-3-10(11)6-9)15(21)14-12(16)4-5-13(18-14)19-17/h4-5,9-11H,2-3,6-8,17H2,1H3,(H,18,19). The average molecular weight is 309 g/mol. The van der Waals surface area contributed by atoms with E-state index in [-0.39, 0.29) is 11.6 Å². The van der Waals surface area contributed by atoms with Crippen LogP contribution in [0.3, 0.4) is 0 Å². The number of rotatable bonds is 4. The minimum Gasteiger partial charge on any atom is -0.340 e. The Morgan fingerprint density at radius 2 is 2.29 bits per heavy atom. The third-order valence-electron chi connectivity index (χ3n) is 4.94. The largest absolute Gasteiger partial charge is 0.340 e. The fraction of sp³-hybridized carbons (Fsp3) is 0.600. The van der Waals surface area contributed by atoms with Crippen LogP contribution in [0, 0.1) is 17.8 Å². The number of hydrogen-bond acceptors (Lipinski definition) is 4. The summed E-state index contributed by atoms with van der Waals surface area (Å²) in [7, 11) is 1.83. The van der Waals surface area contributed by atoms with E-state index < -0.39 is 0 Å². The Bertz CT molecular complexity index is 550. The number of nitrogen functional groups attached to an aromatic ring is 1. The molecule has 0 spiro atoms. The first-order valence-corrected chi connectivity index (χ1v) is 7.85. The van der Waals surface area contributed by atoms with Gasteiger partial charge in [0.15, 0.2) is 0 Å². The molecule has 21 heavy (non-hydrogen) atoms. The van der Waals surface area contributed by atoms with Gasteiger partial charge in [-0.25, -0.2) is 10.8 Å². The first-order chi connectivity index (χ1) is 10.1. The first kappa shape index (κ1) is 14.6. The van der Waals surface area contributed by atoms with Crippen LogP contribution in [0.25, 0.3) is 0 Å². The number of hydrazine groups is 1. The summed E-state index contributed by atoms with van der Waals surface area (Å²) >= 11 is 6.09. The van der Waals surface area contributed by atoms with E-state index in [1.165, 1.54) is 25.7 Å². The molecular weight excluding hydrogens is 288 g/mol. The number of nitrogens with zero attached hydrogens (tertiary/aromatic N) is 2. The molecule has 0 aliphatic heterocycles. The Hall–Kier alpha value is -1.33. The molecule has 3 atom stereocenters. The quantitative estimate of drug-likeness (QED) is 0.662. The molecule has 2 bridgehead atoms. The van der Waals surface area contributed by atoms with E-state index in [0.717, 1.165) is 18.4 Å². The summed E-state index contributed by atoms with van der Waals surface area (Å²) in [6.07, 6.45) is 5.30. The number of pyridine rings is 1. The van der Waals surface area contributed by atoms with Crippen molar-refractivity contribution in [1.29, 1.82) is 0 Å². The molecule has 2 saturated carbocycles. The van der Waals surface area contributed by atoms with Crippen LogP contribution in [-0.4, -0.2) is 29.4 Å². The number of carbonyl (C=O) groups excluding carboxylic acids is 1. The van der Waals surface area contributed by atoms with Crippen molar-refractivity contribution >= 4 is 23.3 Å². The Labute approximate surface area is 129 Å². The van der Waals surface area contributed by atoms with Gasteiger partial charge in [0, 0.05) is 13.6 Å². The summed E-state index contributed by atoms with van der Waals surface area (Å²) in [5.74, 6) is 7.95. The lowest BCUT2D eigenvalue weighted by Crippen LogP contribution is -2.34. The van der Waals surface area contributed by atoms with Crippen LogP contribution in [0.1, 0.15) is 36.2 Å². The molecule has 1 aromatic heterocycles. The smallest absolute Gasteiger partial charge is 0.273 e. The van der Waals surface area contributed by atoms with E-state index in [2.05, 4.69) is 10.4 Å². The van der Waals surface area contributed by atoms with Gasteiger partial charge in [-0.1, -0.05) is 18.0 Å². The van der Waals surface area contributed by atoms with E-state index in [0.29, 0.717) is 16.8 Å². The molecule has 5 nitrogen and oxygen atoms in total. The third-order valence-corrected chi connectivity index (χ3v) is 5.24. The Morgan fingerprint density at radius 1 is 1.48 bits per heavy atom. The first-order valence-electron chi connectivity index (χ1n) is 7.47. The van der Waals surface area contributed by atoms with Crippen molar-refractivity contribution in [2.24, 2.45) is 23.6 Å². The van der Waals surface area contributed by atoms with Crippen LogP contribution < -0.4 is 11.3 Å². The summed E-state index contributed by atoms with van der Waals surface area (Å²) < 4.78 is 0. The molecule has 114 valence electrons. The predicted octanol–water partition coefficient (Wildman–Crippen LogP) is 2.53. The van der Waals surface area contributed by atoms with E-state index >= 15 is 0 Å². The maximum Gasteiger partial charge on any atom is 0.273 e. The molecule has 1 aromatic rings. The van der Waals surface area contributed by atoms with Gasteiger partial charge in [-0.2, -0.15) is 0 Å². The van der Waals surface area contributed by atoms with Crippen molar-refractivity contribution in [2.75, 3.05) is 19.0 Å². The molecule has 0 radical (unpaired) electrons. The number of carbonyl (C=O) groups is 1. The van der Waals surface area contributed by atoms with Gasteiger partial charge in [-0.05, 0) is 49.1 Å². The number of hydrogen-bond donors (Lipinski definition) is 2. The average Bonchev–Trinajstić information content (AvgIpc) is 3.09. The third kappa shape index (κ3) is 2.85. The fourth-order valence-corrected chi connectivity index (χ4v) is 4.07. The van der Waals surface area contributed by atoms with Gasteiger partial charge < -0.3 is 10.3 Å². The number of fused-ring (bicyclic) bond motifs is 2. The molecule has 3 N–H and O–H groups in total. The summed E-state index contributed by atoms with van der Waals surface area (Å²) in [4.78, 5) is 18.5. The highest BCUT2D eigenvalue weighted by molar-refractivity contribution is 6.33. The zero-order valence-corrected chi connectivity index (χ0v) is 12.9. The van der Waals surface area contributed by atoms with Gasteiger partial charge in [0.2, 0.25) is 0 Å². The molecule has 2 aliphatic carbocycles. The molecule has 1 heterocycles. The molecule has 0 aromatic carbocycles. The van der Waals surface area contributed by atoms with E-state index in [4.69, 9.17) is 17.4 Å². The maximum absolute atomic E-state index is 12.5. The fourth-order valence-electron chi connectivity index (χ4n) is 3.89. The van der Waals surface area contributed by atoms with Crippen LogP contribution >= 0.6 is 11.6 Å². The van der Waals surface area contributed by atoms with Crippen molar-refractivity contribution in [2.45, 2.75) is 25.7 Å². The lowest BCUT2D eigenvalue weighted by molar-refractivity contribution is 0.0749. The molecule has 1 amide bonds. The monoisotopic (exact) mass is 308 g/mol. The SMILES string of the molecule is CN(CC1CC2CCC1C2)C(=O)c1nc(NN)ccc1Cl. The zero-order valence-electron chi connectivity index (χ0n) is 12.2. The Morgan fingerprint density at radius 3 is 2.90 bits per heavy atom. The zero-order chi connectivity index (χ0) is 15.0. The number of aromatic nitrogens is 1. The molecule has 0 saturated heterocycles. The highest BCUT2D eigenvalue weighted by Crippen LogP contribution is 2.48. The summed E-state index contributed by atoms with van der Waals surface area (Å²) in [5.41, 5.74) is 2.70. The number of nitrogens with one attached hydrogen (secondary N) is 1. The van der Waals surface area contributed by atoms with E-state index in [1.807, 2.05) is 7.05 Å². The van der Waals surface area contributed by atoms with Gasteiger partial charge in [0.25, 0.3) is 5.91 Å². The second-order valence-corrected chi connectivity index (χ2v) is 6.70. The van der Waals surface area contributed by atoms with Gasteiger partial charge in [-0.15, -0.1) is 0 Å². The van der Waals surface area contributed by atoms with Gasteiger partial charge >= 0.3 is 0 Å². The van der Waals surface area contributed by atoms with Crippen LogP contribution in [0.15, 0.2) is 12.1 Å². The normalized spacial score (nSPS) is 26.9. The molecular formula is C15H21ClN4O. The van der Waals surface area contributed by atoms with Gasteiger partial charge in [-0.3, -0.25) is 4.79 Å². The Kier molecular flexibility index (Phi) is 4.04. The molecule has 3 rings (SSSR count). The predicted molar refractivity (Wildman–Crippen MR) is 83.0 cm³/mol. The van der Waals surface area contributed by atoms with Crippen LogP contribution in [-0.2, 0) is 0 Å². The summed E-state index contributed by atoms with van der Waals surface area (Å²) in [6, 6.07) is 3.29. The second kappa shape index (κ2) is 5.81. The number of amides is 1. The van der Waals surface area contributed by atoms with E-state index in [1.54, 1.807) is 17.0 Å². The Balaban J connectivity index is 1.69. The van der Waals surface area contributed by atoms with Crippen molar-refractivity contribution < 1.29 is 4.79 Å².